The summed E-state index contributed by atoms with van der Waals surface area (Å²) in [5.41, 5.74) is 0.888. The third-order valence-corrected chi connectivity index (χ3v) is 6.52. The van der Waals surface area contributed by atoms with E-state index in [1.54, 1.807) is 43.5 Å². The topological polar surface area (TPSA) is 104 Å². The van der Waals surface area contributed by atoms with Crippen LogP contribution in [0.4, 0.5) is 0 Å². The first-order chi connectivity index (χ1) is 17.0. The van der Waals surface area contributed by atoms with E-state index in [0.717, 1.165) is 12.8 Å². The van der Waals surface area contributed by atoms with Gasteiger partial charge < -0.3 is 33.7 Å². The number of nitrogens with zero attached hydrogens (tertiary/aromatic N) is 1. The maximum atomic E-state index is 13.3. The molecule has 2 aromatic carbocycles. The van der Waals surface area contributed by atoms with E-state index in [1.807, 2.05) is 0 Å². The highest BCUT2D eigenvalue weighted by atomic mass is 16.6. The van der Waals surface area contributed by atoms with Crippen LogP contribution in [0.15, 0.2) is 42.0 Å². The molecule has 3 aliphatic heterocycles. The second-order valence-electron chi connectivity index (χ2n) is 8.55. The molecule has 0 aliphatic carbocycles. The molecule has 9 heteroatoms. The normalized spacial score (nSPS) is 23.0. The predicted molar refractivity (Wildman–Crippen MR) is 125 cm³/mol. The third kappa shape index (κ3) is 4.16. The zero-order chi connectivity index (χ0) is 24.5. The van der Waals surface area contributed by atoms with Crippen LogP contribution in [0.1, 0.15) is 30.0 Å². The van der Waals surface area contributed by atoms with E-state index in [2.05, 4.69) is 0 Å². The van der Waals surface area contributed by atoms with E-state index < -0.39 is 17.7 Å². The number of Topliss-reactive ketones (excluding diaryl/α,β-unsaturated/α-hetero) is 1. The Morgan fingerprint density at radius 2 is 1.83 bits per heavy atom. The summed E-state index contributed by atoms with van der Waals surface area (Å²) in [4.78, 5) is 28.0. The molecule has 3 heterocycles. The number of hydrogen-bond acceptors (Lipinski definition) is 8. The Balaban J connectivity index is 1.64. The van der Waals surface area contributed by atoms with Crippen LogP contribution >= 0.6 is 0 Å². The first-order valence-electron chi connectivity index (χ1n) is 11.5. The van der Waals surface area contributed by atoms with Crippen LogP contribution in [0.5, 0.6) is 23.0 Å². The van der Waals surface area contributed by atoms with E-state index in [1.165, 1.54) is 12.0 Å². The lowest BCUT2D eigenvalue weighted by molar-refractivity contribution is -0.140. The lowest BCUT2D eigenvalue weighted by Crippen LogP contribution is -2.36. The van der Waals surface area contributed by atoms with Crippen LogP contribution in [0.25, 0.3) is 5.76 Å². The summed E-state index contributed by atoms with van der Waals surface area (Å²) in [5, 5.41) is 11.4. The van der Waals surface area contributed by atoms with Crippen LogP contribution < -0.4 is 18.9 Å². The summed E-state index contributed by atoms with van der Waals surface area (Å²) < 4.78 is 27.9. The second kappa shape index (κ2) is 9.50. The van der Waals surface area contributed by atoms with Crippen molar-refractivity contribution in [3.63, 3.8) is 0 Å². The van der Waals surface area contributed by atoms with Crippen molar-refractivity contribution >= 4 is 17.4 Å². The Bertz CT molecular complexity index is 1180. The van der Waals surface area contributed by atoms with E-state index in [4.69, 9.17) is 23.7 Å². The van der Waals surface area contributed by atoms with Crippen LogP contribution in [0.2, 0.25) is 0 Å². The van der Waals surface area contributed by atoms with Crippen LogP contribution in [-0.4, -0.2) is 68.4 Å². The number of methoxy groups -OCH3 is 2. The van der Waals surface area contributed by atoms with Gasteiger partial charge >= 0.3 is 0 Å². The molecule has 9 nitrogen and oxygen atoms in total. The molecule has 2 fully saturated rings. The standard InChI is InChI=1S/C26H27NO8/c1-31-16-6-7-18(20(13-16)32-2)23-22(25(29)26(30)27(23)14-17-4-3-9-33-17)24(28)15-5-8-19-21(12-15)35-11-10-34-19/h5-8,12-13,17,23,28H,3-4,9-11,14H2,1-2H3/t17-,23+/m0/s1. The average molecular weight is 482 g/mol. The highest BCUT2D eigenvalue weighted by Gasteiger charge is 2.48. The number of aliphatic hydroxyl groups excluding tert-OH is 1. The molecule has 1 amide bonds. The highest BCUT2D eigenvalue weighted by Crippen LogP contribution is 2.45. The van der Waals surface area contributed by atoms with Gasteiger partial charge in [-0.25, -0.2) is 0 Å². The average Bonchev–Trinajstić information content (AvgIpc) is 3.50. The Hall–Kier alpha value is -3.72. The lowest BCUT2D eigenvalue weighted by atomic mass is 9.94. The summed E-state index contributed by atoms with van der Waals surface area (Å²) in [5.74, 6) is 0.265. The third-order valence-electron chi connectivity index (χ3n) is 6.52. The van der Waals surface area contributed by atoms with Gasteiger partial charge in [-0.3, -0.25) is 9.59 Å². The molecule has 35 heavy (non-hydrogen) atoms. The van der Waals surface area contributed by atoms with E-state index in [-0.39, 0.29) is 24.0 Å². The number of ether oxygens (including phenoxy) is 5. The molecular weight excluding hydrogens is 454 g/mol. The number of likely N-dealkylation sites (tertiary alicyclic amines) is 1. The number of benzene rings is 2. The van der Waals surface area contributed by atoms with Crippen LogP contribution in [-0.2, 0) is 14.3 Å². The van der Waals surface area contributed by atoms with Gasteiger partial charge in [0.15, 0.2) is 11.5 Å². The SMILES string of the molecule is COc1ccc([C@@H]2C(=C(O)c3ccc4c(c3)OCCO4)C(=O)C(=O)N2C[C@@H]2CCCO2)c(OC)c1. The zero-order valence-corrected chi connectivity index (χ0v) is 19.6. The minimum absolute atomic E-state index is 0.0202. The van der Waals surface area contributed by atoms with Crippen LogP contribution in [0, 0.1) is 0 Å². The smallest absolute Gasteiger partial charge is 0.295 e. The molecule has 0 saturated carbocycles. The van der Waals surface area contributed by atoms with Crippen molar-refractivity contribution in [2.45, 2.75) is 25.0 Å². The highest BCUT2D eigenvalue weighted by molar-refractivity contribution is 6.46. The van der Waals surface area contributed by atoms with Gasteiger partial charge in [-0.2, -0.15) is 0 Å². The van der Waals surface area contributed by atoms with Gasteiger partial charge in [0.05, 0.1) is 31.9 Å². The molecule has 3 aliphatic rings. The number of hydrogen-bond donors (Lipinski definition) is 1. The number of aliphatic hydroxyl groups is 1. The fourth-order valence-electron chi connectivity index (χ4n) is 4.79. The molecule has 184 valence electrons. The van der Waals surface area contributed by atoms with Gasteiger partial charge in [-0.05, 0) is 43.2 Å². The molecule has 2 saturated heterocycles. The first kappa shape index (κ1) is 23.0. The van der Waals surface area contributed by atoms with Crippen molar-refractivity contribution in [2.75, 3.05) is 40.6 Å². The van der Waals surface area contributed by atoms with E-state index >= 15 is 0 Å². The van der Waals surface area contributed by atoms with Crippen molar-refractivity contribution in [3.05, 3.63) is 53.1 Å². The number of ketones is 1. The zero-order valence-electron chi connectivity index (χ0n) is 19.6. The molecule has 0 bridgehead atoms. The van der Waals surface area contributed by atoms with Crippen molar-refractivity contribution < 1.29 is 38.4 Å². The molecule has 0 unspecified atom stereocenters. The lowest BCUT2D eigenvalue weighted by Gasteiger charge is -2.28. The number of carbonyl (C=O) groups is 2. The van der Waals surface area contributed by atoms with E-state index in [0.29, 0.717) is 53.9 Å². The summed E-state index contributed by atoms with van der Waals surface area (Å²) in [6.07, 6.45) is 1.49. The van der Waals surface area contributed by atoms with Crippen molar-refractivity contribution in [2.24, 2.45) is 0 Å². The van der Waals surface area contributed by atoms with Crippen molar-refractivity contribution in [1.29, 1.82) is 0 Å². The molecule has 2 aromatic rings. The van der Waals surface area contributed by atoms with Gasteiger partial charge in [-0.1, -0.05) is 0 Å². The quantitative estimate of drug-likeness (QED) is 0.382. The van der Waals surface area contributed by atoms with Gasteiger partial charge in [-0.15, -0.1) is 0 Å². The first-order valence-corrected chi connectivity index (χ1v) is 11.5. The maximum Gasteiger partial charge on any atom is 0.295 e. The summed E-state index contributed by atoms with van der Waals surface area (Å²) >= 11 is 0. The Morgan fingerprint density at radius 1 is 1.03 bits per heavy atom. The van der Waals surface area contributed by atoms with Gasteiger partial charge in [0.2, 0.25) is 0 Å². The van der Waals surface area contributed by atoms with Gasteiger partial charge in [0.25, 0.3) is 11.7 Å². The second-order valence-corrected chi connectivity index (χ2v) is 8.55. The Morgan fingerprint density at radius 3 is 2.54 bits per heavy atom. The molecule has 0 spiro atoms. The maximum absolute atomic E-state index is 13.3. The fourth-order valence-corrected chi connectivity index (χ4v) is 4.79. The Labute approximate surface area is 202 Å². The van der Waals surface area contributed by atoms with E-state index in [9.17, 15) is 14.7 Å². The number of carbonyl (C=O) groups excluding carboxylic acids is 2. The number of rotatable bonds is 6. The molecular formula is C26H27NO8. The molecule has 0 aromatic heterocycles. The predicted octanol–water partition coefficient (Wildman–Crippen LogP) is 3.08. The fraction of sp³-hybridized carbons (Fsp3) is 0.385. The summed E-state index contributed by atoms with van der Waals surface area (Å²) in [6.45, 7) is 1.65. The number of amides is 1. The summed E-state index contributed by atoms with van der Waals surface area (Å²) in [7, 11) is 3.05. The minimum Gasteiger partial charge on any atom is -0.507 e. The van der Waals surface area contributed by atoms with Gasteiger partial charge in [0.1, 0.15) is 30.5 Å². The number of fused-ring (bicyclic) bond motifs is 1. The monoisotopic (exact) mass is 481 g/mol. The Kier molecular flexibility index (Phi) is 6.25. The molecule has 5 rings (SSSR count). The molecule has 2 atom stereocenters. The van der Waals surface area contributed by atoms with Gasteiger partial charge in [0, 0.05) is 30.3 Å². The van der Waals surface area contributed by atoms with Crippen molar-refractivity contribution in [3.8, 4) is 23.0 Å². The molecule has 0 radical (unpaired) electrons. The molecule has 1 N–H and O–H groups in total. The van der Waals surface area contributed by atoms with Crippen molar-refractivity contribution in [1.82, 2.24) is 4.90 Å². The summed E-state index contributed by atoms with van der Waals surface area (Å²) in [6, 6.07) is 9.22. The largest absolute Gasteiger partial charge is 0.507 e. The van der Waals surface area contributed by atoms with Crippen LogP contribution in [0.3, 0.4) is 0 Å². The minimum atomic E-state index is -0.867.